The molecule has 0 atom stereocenters. The van der Waals surface area contributed by atoms with Gasteiger partial charge in [0.05, 0.1) is 11.3 Å². The van der Waals surface area contributed by atoms with Gasteiger partial charge in [0.2, 0.25) is 5.91 Å². The van der Waals surface area contributed by atoms with Crippen molar-refractivity contribution in [2.75, 3.05) is 6.54 Å². The monoisotopic (exact) mass is 306 g/mol. The average molecular weight is 306 g/mol. The maximum absolute atomic E-state index is 11.8. The highest BCUT2D eigenvalue weighted by molar-refractivity contribution is 6.01. The van der Waals surface area contributed by atoms with Crippen molar-refractivity contribution in [3.8, 4) is 0 Å². The van der Waals surface area contributed by atoms with E-state index in [4.69, 9.17) is 0 Å². The van der Waals surface area contributed by atoms with E-state index in [1.54, 1.807) is 6.92 Å². The number of nitrogens with one attached hydrogen (secondary N) is 2. The van der Waals surface area contributed by atoms with Crippen molar-refractivity contribution in [3.63, 3.8) is 0 Å². The van der Waals surface area contributed by atoms with Crippen LogP contribution in [0.15, 0.2) is 29.4 Å². The molecule has 1 aromatic rings. The van der Waals surface area contributed by atoms with Crippen LogP contribution in [0.3, 0.4) is 0 Å². The normalized spacial score (nSPS) is 10.9. The van der Waals surface area contributed by atoms with Crippen molar-refractivity contribution in [1.29, 1.82) is 0 Å². The predicted octanol–water partition coefficient (Wildman–Crippen LogP) is 1.62. The predicted molar refractivity (Wildman–Crippen MR) is 81.6 cm³/mol. The molecule has 0 aromatic heterocycles. The molecular weight excluding hydrogens is 288 g/mol. The number of nitro groups is 1. The molecule has 0 radical (unpaired) electrons. The largest absolute Gasteiger partial charge is 0.356 e. The number of nitro benzene ring substituents is 1. The van der Waals surface area contributed by atoms with Gasteiger partial charge in [0, 0.05) is 30.0 Å². The zero-order chi connectivity index (χ0) is 16.5. The summed E-state index contributed by atoms with van der Waals surface area (Å²) in [7, 11) is 0. The molecule has 2 amide bonds. The van der Waals surface area contributed by atoms with Gasteiger partial charge in [0.15, 0.2) is 0 Å². The minimum absolute atomic E-state index is 0.0786. The summed E-state index contributed by atoms with van der Waals surface area (Å²) in [6.07, 6.45) is 0.917. The molecule has 8 heteroatoms. The number of non-ortho nitro benzene ring substituents is 1. The number of amides is 2. The Morgan fingerprint density at radius 1 is 1.36 bits per heavy atom. The van der Waals surface area contributed by atoms with Crippen LogP contribution in [-0.2, 0) is 4.79 Å². The van der Waals surface area contributed by atoms with E-state index in [-0.39, 0.29) is 23.6 Å². The molecule has 0 saturated carbocycles. The molecule has 0 aliphatic rings. The van der Waals surface area contributed by atoms with Crippen LogP contribution in [0, 0.1) is 10.1 Å². The number of benzene rings is 1. The van der Waals surface area contributed by atoms with E-state index in [0.717, 1.165) is 12.5 Å². The minimum atomic E-state index is -0.580. The molecule has 22 heavy (non-hydrogen) atoms. The van der Waals surface area contributed by atoms with Gasteiger partial charge < -0.3 is 5.32 Å². The first-order valence-electron chi connectivity index (χ1n) is 6.78. The van der Waals surface area contributed by atoms with E-state index in [0.29, 0.717) is 12.3 Å². The Balaban J connectivity index is 2.61. The third-order valence-corrected chi connectivity index (χ3v) is 2.66. The molecule has 0 heterocycles. The summed E-state index contributed by atoms with van der Waals surface area (Å²) < 4.78 is 0. The second-order valence-corrected chi connectivity index (χ2v) is 4.62. The van der Waals surface area contributed by atoms with Crippen LogP contribution < -0.4 is 10.7 Å². The zero-order valence-corrected chi connectivity index (χ0v) is 12.5. The van der Waals surface area contributed by atoms with Crippen LogP contribution in [0.1, 0.15) is 37.0 Å². The van der Waals surface area contributed by atoms with Crippen molar-refractivity contribution in [2.45, 2.75) is 26.7 Å². The summed E-state index contributed by atoms with van der Waals surface area (Å²) in [6.45, 7) is 4.14. The second kappa shape index (κ2) is 8.50. The first-order valence-corrected chi connectivity index (χ1v) is 6.78. The fourth-order valence-electron chi connectivity index (χ4n) is 1.57. The van der Waals surface area contributed by atoms with Gasteiger partial charge in [-0.05, 0) is 19.4 Å². The summed E-state index contributed by atoms with van der Waals surface area (Å²) in [6, 6.07) is 5.32. The quantitative estimate of drug-likeness (QED) is 0.452. The van der Waals surface area contributed by atoms with Gasteiger partial charge in [-0.25, -0.2) is 5.43 Å². The zero-order valence-electron chi connectivity index (χ0n) is 12.5. The molecule has 0 aliphatic heterocycles. The maximum Gasteiger partial charge on any atom is 0.271 e. The first-order chi connectivity index (χ1) is 10.4. The Labute approximate surface area is 127 Å². The van der Waals surface area contributed by atoms with Gasteiger partial charge in [-0.1, -0.05) is 13.0 Å². The third-order valence-electron chi connectivity index (χ3n) is 2.66. The second-order valence-electron chi connectivity index (χ2n) is 4.62. The molecule has 0 saturated heterocycles. The molecule has 0 bridgehead atoms. The van der Waals surface area contributed by atoms with Crippen molar-refractivity contribution < 1.29 is 14.5 Å². The van der Waals surface area contributed by atoms with Crippen LogP contribution in [0.2, 0.25) is 0 Å². The van der Waals surface area contributed by atoms with E-state index in [1.807, 2.05) is 6.92 Å². The molecule has 8 nitrogen and oxygen atoms in total. The molecule has 118 valence electrons. The molecule has 0 fully saturated rings. The van der Waals surface area contributed by atoms with Crippen LogP contribution in [0.5, 0.6) is 0 Å². The highest BCUT2D eigenvalue weighted by Gasteiger charge is 2.11. The van der Waals surface area contributed by atoms with Crippen LogP contribution >= 0.6 is 0 Å². The van der Waals surface area contributed by atoms with E-state index < -0.39 is 10.8 Å². The molecule has 0 aliphatic carbocycles. The topological polar surface area (TPSA) is 114 Å². The van der Waals surface area contributed by atoms with Crippen LogP contribution in [0.25, 0.3) is 0 Å². The van der Waals surface area contributed by atoms with E-state index in [1.165, 1.54) is 18.2 Å². The highest BCUT2D eigenvalue weighted by Crippen LogP contribution is 2.12. The number of carbonyl (C=O) groups excluding carboxylic acids is 2. The summed E-state index contributed by atoms with van der Waals surface area (Å²) in [4.78, 5) is 33.4. The third kappa shape index (κ3) is 5.70. The lowest BCUT2D eigenvalue weighted by Crippen LogP contribution is -2.27. The molecular formula is C14H18N4O4. The number of nitrogens with zero attached hydrogens (tertiary/aromatic N) is 2. The molecule has 2 N–H and O–H groups in total. The Kier molecular flexibility index (Phi) is 6.68. The number of hydrogen-bond acceptors (Lipinski definition) is 5. The van der Waals surface area contributed by atoms with Crippen molar-refractivity contribution in [3.05, 3.63) is 39.9 Å². The Hall–Kier alpha value is -2.77. The number of hydrogen-bond donors (Lipinski definition) is 2. The fraction of sp³-hybridized carbons (Fsp3) is 0.357. The first kappa shape index (κ1) is 17.3. The van der Waals surface area contributed by atoms with Gasteiger partial charge in [-0.3, -0.25) is 19.7 Å². The van der Waals surface area contributed by atoms with Gasteiger partial charge in [0.1, 0.15) is 0 Å². The van der Waals surface area contributed by atoms with E-state index in [9.17, 15) is 19.7 Å². The fourth-order valence-corrected chi connectivity index (χ4v) is 1.57. The molecule has 0 spiro atoms. The van der Waals surface area contributed by atoms with E-state index in [2.05, 4.69) is 15.8 Å². The highest BCUT2D eigenvalue weighted by atomic mass is 16.6. The van der Waals surface area contributed by atoms with E-state index >= 15 is 0 Å². The summed E-state index contributed by atoms with van der Waals surface area (Å²) in [5.74, 6) is -0.746. The molecule has 1 rings (SSSR count). The van der Waals surface area contributed by atoms with Crippen molar-refractivity contribution in [2.24, 2.45) is 5.10 Å². The van der Waals surface area contributed by atoms with Gasteiger partial charge in [-0.2, -0.15) is 5.10 Å². The lowest BCUT2D eigenvalue weighted by atomic mass is 10.2. The Morgan fingerprint density at radius 2 is 2.09 bits per heavy atom. The summed E-state index contributed by atoms with van der Waals surface area (Å²) in [5, 5.41) is 17.2. The number of rotatable bonds is 7. The van der Waals surface area contributed by atoms with Crippen LogP contribution in [-0.4, -0.2) is 29.0 Å². The standard InChI is InChI=1S/C14H18N4O4/c1-3-7-15-13(19)8-10(2)16-17-14(20)11-5-4-6-12(9-11)18(21)22/h4-6,9H,3,7-8H2,1-2H3,(H,15,19)(H,17,20)/b16-10-. The van der Waals surface area contributed by atoms with Crippen molar-refractivity contribution >= 4 is 23.2 Å². The lowest BCUT2D eigenvalue weighted by Gasteiger charge is -2.04. The Bertz CT molecular complexity index is 598. The Morgan fingerprint density at radius 3 is 2.73 bits per heavy atom. The number of carbonyl (C=O) groups is 2. The van der Waals surface area contributed by atoms with Crippen molar-refractivity contribution in [1.82, 2.24) is 10.7 Å². The smallest absolute Gasteiger partial charge is 0.271 e. The summed E-state index contributed by atoms with van der Waals surface area (Å²) in [5.41, 5.74) is 2.66. The molecule has 1 aromatic carbocycles. The maximum atomic E-state index is 11.8. The summed E-state index contributed by atoms with van der Waals surface area (Å²) >= 11 is 0. The minimum Gasteiger partial charge on any atom is -0.356 e. The van der Waals surface area contributed by atoms with Crippen LogP contribution in [0.4, 0.5) is 5.69 Å². The SMILES string of the molecule is CCCNC(=O)C/C(C)=N\NC(=O)c1cccc([N+](=O)[O-])c1. The van der Waals surface area contributed by atoms with Gasteiger partial charge in [0.25, 0.3) is 11.6 Å². The molecule has 0 unspecified atom stereocenters. The number of hydrazone groups is 1. The van der Waals surface area contributed by atoms with Gasteiger partial charge >= 0.3 is 0 Å². The van der Waals surface area contributed by atoms with Gasteiger partial charge in [-0.15, -0.1) is 0 Å². The lowest BCUT2D eigenvalue weighted by molar-refractivity contribution is -0.384. The average Bonchev–Trinajstić information content (AvgIpc) is 2.50.